The Hall–Kier alpha value is -1.26. The number of fused-ring (bicyclic) bond motifs is 2. The van der Waals surface area contributed by atoms with Crippen LogP contribution in [0.25, 0.3) is 0 Å². The summed E-state index contributed by atoms with van der Waals surface area (Å²) in [5.74, 6) is 0.225. The number of hydrogen-bond acceptors (Lipinski definition) is 4. The maximum absolute atomic E-state index is 11.8. The van der Waals surface area contributed by atoms with Crippen molar-refractivity contribution >= 4 is 11.8 Å². The molecule has 1 N–H and O–H groups in total. The van der Waals surface area contributed by atoms with Crippen LogP contribution in [0.1, 0.15) is 33.6 Å². The summed E-state index contributed by atoms with van der Waals surface area (Å²) < 4.78 is 5.33. The average molecular weight is 226 g/mol. The Morgan fingerprint density at radius 3 is 2.69 bits per heavy atom. The average Bonchev–Trinajstić information content (AvgIpc) is 2.72. The molecular formula is C11H18N2O3. The lowest BCUT2D eigenvalue weighted by atomic mass is 10.1. The van der Waals surface area contributed by atoms with E-state index in [1.807, 2.05) is 20.8 Å². The predicted octanol–water partition coefficient (Wildman–Crippen LogP) is 1.85. The monoisotopic (exact) mass is 226 g/mol. The standard InChI is InChI=1S/C11H18N2O3/c1-11(2,3)16-10(14)13-6-7-4-8(13)5-9(7)12-15/h7-8,15H,4-6H2,1-3H3/b12-9+. The molecule has 0 aromatic heterocycles. The highest BCUT2D eigenvalue weighted by molar-refractivity contribution is 5.91. The summed E-state index contributed by atoms with van der Waals surface area (Å²) >= 11 is 0. The molecule has 5 heteroatoms. The van der Waals surface area contributed by atoms with Crippen molar-refractivity contribution in [3.05, 3.63) is 0 Å². The first-order chi connectivity index (χ1) is 7.40. The van der Waals surface area contributed by atoms with Crippen molar-refractivity contribution in [3.63, 3.8) is 0 Å². The van der Waals surface area contributed by atoms with E-state index in [1.54, 1.807) is 4.90 Å². The van der Waals surface area contributed by atoms with Gasteiger partial charge in [-0.25, -0.2) is 4.79 Å². The molecule has 2 aliphatic rings. The van der Waals surface area contributed by atoms with Gasteiger partial charge in [-0.3, -0.25) is 0 Å². The third-order valence-corrected chi connectivity index (χ3v) is 3.09. The molecule has 5 nitrogen and oxygen atoms in total. The number of carbonyl (C=O) groups excluding carboxylic acids is 1. The SMILES string of the molecule is CC(C)(C)OC(=O)N1CC2CC1C/C2=N\O. The fourth-order valence-corrected chi connectivity index (χ4v) is 2.43. The molecule has 2 unspecified atom stereocenters. The number of rotatable bonds is 0. The maximum atomic E-state index is 11.8. The van der Waals surface area contributed by atoms with Crippen molar-refractivity contribution in [1.82, 2.24) is 4.90 Å². The first kappa shape index (κ1) is 11.2. The number of nitrogens with zero attached hydrogens (tertiary/aromatic N) is 2. The van der Waals surface area contributed by atoms with Crippen molar-refractivity contribution < 1.29 is 14.7 Å². The number of amides is 1. The van der Waals surface area contributed by atoms with Crippen LogP contribution in [0, 0.1) is 5.92 Å². The second-order valence-electron chi connectivity index (χ2n) is 5.51. The Kier molecular flexibility index (Phi) is 2.56. The Balaban J connectivity index is 1.98. The van der Waals surface area contributed by atoms with Crippen LogP contribution in [0.3, 0.4) is 0 Å². The Labute approximate surface area is 95.1 Å². The molecule has 0 radical (unpaired) electrons. The van der Waals surface area contributed by atoms with Crippen molar-refractivity contribution in [2.75, 3.05) is 6.54 Å². The van der Waals surface area contributed by atoms with Crippen molar-refractivity contribution in [2.24, 2.45) is 11.1 Å². The molecule has 1 saturated carbocycles. The number of hydrogen-bond donors (Lipinski definition) is 1. The van der Waals surface area contributed by atoms with E-state index in [4.69, 9.17) is 9.94 Å². The normalized spacial score (nSPS) is 31.2. The summed E-state index contributed by atoms with van der Waals surface area (Å²) in [6.45, 7) is 6.21. The molecule has 2 atom stereocenters. The van der Waals surface area contributed by atoms with Gasteiger partial charge in [0.1, 0.15) is 5.60 Å². The summed E-state index contributed by atoms with van der Waals surface area (Å²) in [5, 5.41) is 12.0. The van der Waals surface area contributed by atoms with E-state index >= 15 is 0 Å². The minimum absolute atomic E-state index is 0.158. The Morgan fingerprint density at radius 2 is 2.25 bits per heavy atom. The summed E-state index contributed by atoms with van der Waals surface area (Å²) in [5.41, 5.74) is 0.372. The molecule has 1 saturated heterocycles. The lowest BCUT2D eigenvalue weighted by molar-refractivity contribution is 0.0219. The highest BCUT2D eigenvalue weighted by Gasteiger charge is 2.46. The smallest absolute Gasteiger partial charge is 0.410 e. The molecular weight excluding hydrogens is 208 g/mol. The Bertz CT molecular complexity index is 333. The first-order valence-electron chi connectivity index (χ1n) is 5.61. The van der Waals surface area contributed by atoms with Gasteiger partial charge in [-0.1, -0.05) is 5.16 Å². The third kappa shape index (κ3) is 1.99. The molecule has 1 heterocycles. The van der Waals surface area contributed by atoms with Gasteiger partial charge in [-0.15, -0.1) is 0 Å². The molecule has 2 rings (SSSR count). The molecule has 1 amide bonds. The van der Waals surface area contributed by atoms with Crippen LogP contribution < -0.4 is 0 Å². The van der Waals surface area contributed by atoms with Gasteiger partial charge >= 0.3 is 6.09 Å². The number of likely N-dealkylation sites (tertiary alicyclic amines) is 1. The first-order valence-corrected chi connectivity index (χ1v) is 5.61. The summed E-state index contributed by atoms with van der Waals surface area (Å²) in [6, 6.07) is 0.158. The fraction of sp³-hybridized carbons (Fsp3) is 0.818. The van der Waals surface area contributed by atoms with E-state index in [2.05, 4.69) is 5.16 Å². The summed E-state index contributed by atoms with van der Waals surface area (Å²) in [4.78, 5) is 13.6. The highest BCUT2D eigenvalue weighted by atomic mass is 16.6. The van der Waals surface area contributed by atoms with E-state index in [-0.39, 0.29) is 18.1 Å². The molecule has 0 spiro atoms. The Morgan fingerprint density at radius 1 is 1.56 bits per heavy atom. The molecule has 1 aliphatic heterocycles. The van der Waals surface area contributed by atoms with Gasteiger partial charge < -0.3 is 14.8 Å². The maximum Gasteiger partial charge on any atom is 0.410 e. The van der Waals surface area contributed by atoms with Crippen LogP contribution in [-0.4, -0.2) is 40.1 Å². The van der Waals surface area contributed by atoms with Crippen LogP contribution in [0.5, 0.6) is 0 Å². The van der Waals surface area contributed by atoms with E-state index in [0.717, 1.165) is 12.1 Å². The number of piperidine rings is 1. The molecule has 0 aromatic carbocycles. The van der Waals surface area contributed by atoms with E-state index < -0.39 is 5.60 Å². The van der Waals surface area contributed by atoms with Gasteiger partial charge in [0.2, 0.25) is 0 Å². The van der Waals surface area contributed by atoms with Gasteiger partial charge in [0.15, 0.2) is 0 Å². The molecule has 2 bridgehead atoms. The van der Waals surface area contributed by atoms with E-state index in [0.29, 0.717) is 13.0 Å². The van der Waals surface area contributed by atoms with Crippen LogP contribution in [0.15, 0.2) is 5.16 Å². The fourth-order valence-electron chi connectivity index (χ4n) is 2.43. The van der Waals surface area contributed by atoms with Gasteiger partial charge in [-0.05, 0) is 27.2 Å². The molecule has 0 aromatic rings. The van der Waals surface area contributed by atoms with Gasteiger partial charge in [-0.2, -0.15) is 0 Å². The number of carbonyl (C=O) groups is 1. The minimum Gasteiger partial charge on any atom is -0.444 e. The molecule has 90 valence electrons. The third-order valence-electron chi connectivity index (χ3n) is 3.09. The number of ether oxygens (including phenoxy) is 1. The largest absolute Gasteiger partial charge is 0.444 e. The zero-order valence-electron chi connectivity index (χ0n) is 9.93. The zero-order valence-corrected chi connectivity index (χ0v) is 9.93. The van der Waals surface area contributed by atoms with Gasteiger partial charge in [0, 0.05) is 24.9 Å². The minimum atomic E-state index is -0.452. The molecule has 16 heavy (non-hydrogen) atoms. The second-order valence-corrected chi connectivity index (χ2v) is 5.51. The van der Waals surface area contributed by atoms with Crippen LogP contribution in [-0.2, 0) is 4.74 Å². The summed E-state index contributed by atoms with van der Waals surface area (Å²) in [6.07, 6.45) is 1.33. The quantitative estimate of drug-likeness (QED) is 0.506. The van der Waals surface area contributed by atoms with Crippen LogP contribution >= 0.6 is 0 Å². The van der Waals surface area contributed by atoms with Crippen LogP contribution in [0.4, 0.5) is 4.79 Å². The highest BCUT2D eigenvalue weighted by Crippen LogP contribution is 2.36. The van der Waals surface area contributed by atoms with E-state index in [9.17, 15) is 4.79 Å². The molecule has 1 aliphatic carbocycles. The zero-order chi connectivity index (χ0) is 11.9. The number of oxime groups is 1. The lowest BCUT2D eigenvalue weighted by Gasteiger charge is -2.30. The van der Waals surface area contributed by atoms with Crippen molar-refractivity contribution in [1.29, 1.82) is 0 Å². The second kappa shape index (κ2) is 3.64. The predicted molar refractivity (Wildman–Crippen MR) is 58.7 cm³/mol. The van der Waals surface area contributed by atoms with Crippen molar-refractivity contribution in [3.8, 4) is 0 Å². The lowest BCUT2D eigenvalue weighted by Crippen LogP contribution is -2.43. The summed E-state index contributed by atoms with van der Waals surface area (Å²) in [7, 11) is 0. The van der Waals surface area contributed by atoms with E-state index in [1.165, 1.54) is 0 Å². The van der Waals surface area contributed by atoms with Gasteiger partial charge in [0.05, 0.1) is 5.71 Å². The topological polar surface area (TPSA) is 62.1 Å². The molecule has 2 fully saturated rings. The van der Waals surface area contributed by atoms with Crippen molar-refractivity contribution in [2.45, 2.75) is 45.3 Å². The van der Waals surface area contributed by atoms with Gasteiger partial charge in [0.25, 0.3) is 0 Å². The van der Waals surface area contributed by atoms with Crippen LogP contribution in [0.2, 0.25) is 0 Å².